The van der Waals surface area contributed by atoms with Gasteiger partial charge in [-0.15, -0.1) is 0 Å². The van der Waals surface area contributed by atoms with Gasteiger partial charge in [-0.1, -0.05) is 39.5 Å². The lowest BCUT2D eigenvalue weighted by Gasteiger charge is -2.17. The number of amides is 1. The van der Waals surface area contributed by atoms with Gasteiger partial charge in [0.15, 0.2) is 5.12 Å². The maximum atomic E-state index is 11.6. The van der Waals surface area contributed by atoms with Gasteiger partial charge in [-0.3, -0.25) is 14.4 Å². The van der Waals surface area contributed by atoms with E-state index in [1.807, 2.05) is 20.8 Å². The van der Waals surface area contributed by atoms with E-state index in [0.29, 0.717) is 5.75 Å². The second-order valence-electron chi connectivity index (χ2n) is 4.86. The Morgan fingerprint density at radius 1 is 1.29 bits per heavy atom. The molecule has 1 unspecified atom stereocenters. The molecule has 0 heterocycles. The van der Waals surface area contributed by atoms with Crippen LogP contribution < -0.4 is 5.32 Å². The maximum Gasteiger partial charge on any atom is 0.322 e. The summed E-state index contributed by atoms with van der Waals surface area (Å²) < 4.78 is 0. The molecule has 0 aliphatic rings. The Morgan fingerprint density at radius 2 is 1.82 bits per heavy atom. The van der Waals surface area contributed by atoms with Crippen LogP contribution in [0, 0.1) is 11.3 Å². The smallest absolute Gasteiger partial charge is 0.322 e. The van der Waals surface area contributed by atoms with Crippen LogP contribution in [0.2, 0.25) is 0 Å². The highest BCUT2D eigenvalue weighted by molar-refractivity contribution is 8.13. The first-order valence-corrected chi connectivity index (χ1v) is 6.30. The van der Waals surface area contributed by atoms with Gasteiger partial charge in [-0.25, -0.2) is 0 Å². The minimum atomic E-state index is -1.08. The quantitative estimate of drug-likeness (QED) is 0.775. The Bertz CT molecular complexity index is 309. The third-order valence-corrected chi connectivity index (χ3v) is 3.48. The fraction of sp³-hybridized carbons (Fsp3) is 0.727. The number of aliphatic carboxylic acids is 1. The number of thioether (sulfide) groups is 1. The number of carboxylic acid groups (broad SMARTS) is 1. The van der Waals surface area contributed by atoms with Gasteiger partial charge in [0.05, 0.1) is 0 Å². The van der Waals surface area contributed by atoms with Crippen molar-refractivity contribution in [3.8, 4) is 0 Å². The van der Waals surface area contributed by atoms with E-state index in [-0.39, 0.29) is 23.5 Å². The second kappa shape index (κ2) is 6.64. The molecule has 0 aliphatic heterocycles. The number of carboxylic acids is 1. The minimum Gasteiger partial charge on any atom is -0.480 e. The molecule has 6 heteroatoms. The molecule has 0 rings (SSSR count). The molecule has 0 radical (unpaired) electrons. The highest BCUT2D eigenvalue weighted by atomic mass is 32.2. The van der Waals surface area contributed by atoms with Crippen molar-refractivity contribution >= 4 is 28.8 Å². The van der Waals surface area contributed by atoms with Gasteiger partial charge in [0, 0.05) is 17.1 Å². The lowest BCUT2D eigenvalue weighted by Crippen LogP contribution is -2.34. The maximum absolute atomic E-state index is 11.6. The molecule has 5 nitrogen and oxygen atoms in total. The van der Waals surface area contributed by atoms with Crippen molar-refractivity contribution in [1.82, 2.24) is 5.32 Å². The summed E-state index contributed by atoms with van der Waals surface area (Å²) >= 11 is 1.11. The van der Waals surface area contributed by atoms with E-state index >= 15 is 0 Å². The van der Waals surface area contributed by atoms with Crippen LogP contribution in [-0.4, -0.2) is 34.4 Å². The highest BCUT2D eigenvalue weighted by Gasteiger charge is 2.23. The molecule has 0 bridgehead atoms. The van der Waals surface area contributed by atoms with Gasteiger partial charge in [-0.2, -0.15) is 0 Å². The van der Waals surface area contributed by atoms with Crippen LogP contribution in [-0.2, 0) is 14.4 Å². The third-order valence-electron chi connectivity index (χ3n) is 1.94. The number of nitrogens with one attached hydrogen (secondary N) is 1. The van der Waals surface area contributed by atoms with E-state index in [9.17, 15) is 14.4 Å². The fourth-order valence-corrected chi connectivity index (χ4v) is 1.82. The van der Waals surface area contributed by atoms with Gasteiger partial charge >= 0.3 is 5.97 Å². The van der Waals surface area contributed by atoms with Crippen LogP contribution in [0.1, 0.15) is 27.7 Å². The first-order valence-electron chi connectivity index (χ1n) is 5.31. The molecule has 0 aromatic carbocycles. The second-order valence-corrected chi connectivity index (χ2v) is 5.85. The Kier molecular flexibility index (Phi) is 6.23. The summed E-state index contributed by atoms with van der Waals surface area (Å²) in [5.74, 6) is -1.45. The molecule has 0 aliphatic carbocycles. The summed E-state index contributed by atoms with van der Waals surface area (Å²) in [6, 6.07) is 0. The Morgan fingerprint density at radius 3 is 2.24 bits per heavy atom. The van der Waals surface area contributed by atoms with Crippen LogP contribution in [0.25, 0.3) is 0 Å². The highest BCUT2D eigenvalue weighted by Crippen LogP contribution is 2.24. The van der Waals surface area contributed by atoms with Crippen LogP contribution in [0.5, 0.6) is 0 Å². The number of carbonyl (C=O) groups excluding carboxylic acids is 2. The van der Waals surface area contributed by atoms with Crippen LogP contribution in [0.3, 0.4) is 0 Å². The van der Waals surface area contributed by atoms with E-state index in [1.54, 1.807) is 6.92 Å². The fourth-order valence-electron chi connectivity index (χ4n) is 0.830. The number of hydrogen-bond acceptors (Lipinski definition) is 4. The zero-order valence-corrected chi connectivity index (χ0v) is 11.4. The molecule has 0 saturated carbocycles. The molecular formula is C11H19NO4S. The summed E-state index contributed by atoms with van der Waals surface area (Å²) in [7, 11) is 0. The van der Waals surface area contributed by atoms with Crippen molar-refractivity contribution in [2.45, 2.75) is 27.7 Å². The largest absolute Gasteiger partial charge is 0.480 e. The van der Waals surface area contributed by atoms with E-state index in [0.717, 1.165) is 11.8 Å². The molecule has 0 saturated heterocycles. The SMILES string of the molecule is CC(CSC(=O)C(C)(C)C)C(=O)NCC(=O)O. The molecular weight excluding hydrogens is 242 g/mol. The monoisotopic (exact) mass is 261 g/mol. The van der Waals surface area contributed by atoms with Gasteiger partial charge in [-0.05, 0) is 0 Å². The standard InChI is InChI=1S/C11H19NO4S/c1-7(9(15)12-5-8(13)14)6-17-10(16)11(2,3)4/h7H,5-6H2,1-4H3,(H,12,15)(H,13,14). The van der Waals surface area contributed by atoms with Crippen molar-refractivity contribution in [3.63, 3.8) is 0 Å². The molecule has 1 atom stereocenters. The van der Waals surface area contributed by atoms with Crippen molar-refractivity contribution in [2.24, 2.45) is 11.3 Å². The number of hydrogen-bond donors (Lipinski definition) is 2. The molecule has 0 aromatic heterocycles. The average molecular weight is 261 g/mol. The summed E-state index contributed by atoms with van der Waals surface area (Å²) in [5, 5.41) is 10.7. The van der Waals surface area contributed by atoms with Crippen molar-refractivity contribution in [3.05, 3.63) is 0 Å². The van der Waals surface area contributed by atoms with Crippen molar-refractivity contribution in [2.75, 3.05) is 12.3 Å². The molecule has 0 fully saturated rings. The molecule has 0 aromatic rings. The Balaban J connectivity index is 4.02. The minimum absolute atomic E-state index is 0.0235. The van der Waals surface area contributed by atoms with Crippen molar-refractivity contribution < 1.29 is 19.5 Å². The number of rotatable bonds is 5. The van der Waals surface area contributed by atoms with Gasteiger partial charge in [0.25, 0.3) is 0 Å². The number of carbonyl (C=O) groups is 3. The predicted molar refractivity (Wildman–Crippen MR) is 66.7 cm³/mol. The third kappa shape index (κ3) is 6.99. The van der Waals surface area contributed by atoms with Crippen LogP contribution in [0.15, 0.2) is 0 Å². The molecule has 0 spiro atoms. The predicted octanol–water partition coefficient (Wildman–Crippen LogP) is 1.13. The van der Waals surface area contributed by atoms with Crippen LogP contribution >= 0.6 is 11.8 Å². The molecule has 2 N–H and O–H groups in total. The lowest BCUT2D eigenvalue weighted by molar-refractivity contribution is -0.138. The first-order chi connectivity index (χ1) is 7.64. The Hall–Kier alpha value is -1.04. The zero-order chi connectivity index (χ0) is 13.6. The van der Waals surface area contributed by atoms with Gasteiger partial charge in [0.2, 0.25) is 5.91 Å². The van der Waals surface area contributed by atoms with E-state index in [2.05, 4.69) is 5.32 Å². The molecule has 1 amide bonds. The summed E-state index contributed by atoms with van der Waals surface area (Å²) in [4.78, 5) is 33.3. The average Bonchev–Trinajstić information content (AvgIpc) is 2.20. The molecule has 98 valence electrons. The summed E-state index contributed by atoms with van der Waals surface area (Å²) in [6.45, 7) is 6.73. The molecule has 17 heavy (non-hydrogen) atoms. The first kappa shape index (κ1) is 16.0. The topological polar surface area (TPSA) is 83.5 Å². The van der Waals surface area contributed by atoms with Crippen molar-refractivity contribution in [1.29, 1.82) is 0 Å². The zero-order valence-electron chi connectivity index (χ0n) is 10.6. The van der Waals surface area contributed by atoms with Crippen LogP contribution in [0.4, 0.5) is 0 Å². The van der Waals surface area contributed by atoms with E-state index in [1.165, 1.54) is 0 Å². The van der Waals surface area contributed by atoms with E-state index in [4.69, 9.17) is 5.11 Å². The lowest BCUT2D eigenvalue weighted by atomic mass is 10.00. The normalized spacial score (nSPS) is 12.9. The summed E-state index contributed by atoms with van der Waals surface area (Å²) in [6.07, 6.45) is 0. The van der Waals surface area contributed by atoms with Gasteiger partial charge in [0.1, 0.15) is 6.54 Å². The van der Waals surface area contributed by atoms with Gasteiger partial charge < -0.3 is 10.4 Å². The van der Waals surface area contributed by atoms with E-state index < -0.39 is 11.4 Å². The summed E-state index contributed by atoms with van der Waals surface area (Å²) in [5.41, 5.74) is -0.429. The Labute approximate surface area is 105 Å².